The number of imidazole rings is 1. The minimum Gasteiger partial charge on any atom is -0.459 e. The van der Waals surface area contributed by atoms with Crippen LogP contribution in [0.5, 0.6) is 0 Å². The van der Waals surface area contributed by atoms with Crippen molar-refractivity contribution < 1.29 is 14.3 Å². The highest BCUT2D eigenvalue weighted by Gasteiger charge is 2.21. The predicted molar refractivity (Wildman–Crippen MR) is 89.8 cm³/mol. The number of para-hydroxylation sites is 2. The number of benzene rings is 2. The first-order valence-corrected chi connectivity index (χ1v) is 7.53. The molecule has 0 bridgehead atoms. The van der Waals surface area contributed by atoms with E-state index >= 15 is 0 Å². The Kier molecular flexibility index (Phi) is 3.42. The lowest BCUT2D eigenvalue weighted by Gasteiger charge is -2.20. The average molecular weight is 321 g/mol. The fraction of sp³-hybridized carbons (Fsp3) is 0.111. The van der Waals surface area contributed by atoms with E-state index in [-0.39, 0.29) is 12.7 Å². The Hall–Kier alpha value is -3.28. The lowest BCUT2D eigenvalue weighted by atomic mass is 10.2. The largest absolute Gasteiger partial charge is 0.459 e. The van der Waals surface area contributed by atoms with Crippen LogP contribution in [0.25, 0.3) is 22.4 Å². The molecule has 120 valence electrons. The molecule has 0 unspecified atom stereocenters. The summed E-state index contributed by atoms with van der Waals surface area (Å²) >= 11 is 0. The van der Waals surface area contributed by atoms with Crippen molar-refractivity contribution in [2.24, 2.45) is 0 Å². The third-order valence-electron chi connectivity index (χ3n) is 3.78. The summed E-state index contributed by atoms with van der Waals surface area (Å²) in [4.78, 5) is 21.3. The predicted octanol–water partition coefficient (Wildman–Crippen LogP) is 3.39. The molecule has 1 aliphatic heterocycles. The van der Waals surface area contributed by atoms with Crippen molar-refractivity contribution in [3.05, 3.63) is 60.7 Å². The number of hydrogen-bond acceptors (Lipinski definition) is 4. The zero-order valence-corrected chi connectivity index (χ0v) is 13.0. The van der Waals surface area contributed by atoms with Crippen molar-refractivity contribution in [2.45, 2.75) is 6.92 Å². The molecule has 0 fully saturated rings. The van der Waals surface area contributed by atoms with Gasteiger partial charge in [0, 0.05) is 12.5 Å². The molecule has 0 spiro atoms. The highest BCUT2D eigenvalue weighted by Crippen LogP contribution is 2.27. The molecule has 0 saturated heterocycles. The molecule has 0 radical (unpaired) electrons. The van der Waals surface area contributed by atoms with Crippen LogP contribution in [0.15, 0.2) is 60.7 Å². The quantitative estimate of drug-likeness (QED) is 0.803. The van der Waals surface area contributed by atoms with Crippen molar-refractivity contribution >= 4 is 22.6 Å². The maximum absolute atomic E-state index is 11.9. The first-order chi connectivity index (χ1) is 11.7. The molecule has 1 amide bonds. The standard InChI is InChI=1S/C18H15N3O3/c1-12(22)21(17-10-23-11-24-17)14-8-6-13(7-9-14)18-19-15-4-2-3-5-16(15)20-18/h2-10H,11H2,1H3,(H,19,20). The van der Waals surface area contributed by atoms with Crippen molar-refractivity contribution in [3.8, 4) is 11.4 Å². The van der Waals surface area contributed by atoms with E-state index in [4.69, 9.17) is 9.47 Å². The molecule has 6 heteroatoms. The number of nitrogens with one attached hydrogen (secondary N) is 1. The van der Waals surface area contributed by atoms with Crippen molar-refractivity contribution in [1.29, 1.82) is 0 Å². The molecule has 24 heavy (non-hydrogen) atoms. The second-order valence-corrected chi connectivity index (χ2v) is 5.39. The number of fused-ring (bicyclic) bond motifs is 1. The minimum atomic E-state index is -0.150. The first kappa shape index (κ1) is 14.3. The van der Waals surface area contributed by atoms with Crippen LogP contribution >= 0.6 is 0 Å². The molecule has 0 saturated carbocycles. The van der Waals surface area contributed by atoms with Crippen LogP contribution < -0.4 is 4.90 Å². The Morgan fingerprint density at radius 1 is 1.17 bits per heavy atom. The van der Waals surface area contributed by atoms with Gasteiger partial charge in [-0.05, 0) is 36.4 Å². The van der Waals surface area contributed by atoms with E-state index in [0.717, 1.165) is 22.4 Å². The SMILES string of the molecule is CC(=O)N(C1=COCO1)c1ccc(-c2nc3ccccc3[nH]2)cc1. The van der Waals surface area contributed by atoms with Crippen molar-refractivity contribution in [2.75, 3.05) is 11.7 Å². The van der Waals surface area contributed by atoms with Crippen molar-refractivity contribution in [3.63, 3.8) is 0 Å². The maximum Gasteiger partial charge on any atom is 0.239 e. The van der Waals surface area contributed by atoms with E-state index in [1.165, 1.54) is 18.1 Å². The summed E-state index contributed by atoms with van der Waals surface area (Å²) in [7, 11) is 0. The van der Waals surface area contributed by atoms with E-state index in [0.29, 0.717) is 11.6 Å². The number of rotatable bonds is 3. The summed E-state index contributed by atoms with van der Waals surface area (Å²) in [6.45, 7) is 1.60. The molecule has 1 aromatic heterocycles. The number of H-pyrrole nitrogens is 1. The Labute approximate surface area is 138 Å². The molecule has 0 atom stereocenters. The van der Waals surface area contributed by atoms with Crippen LogP contribution in [0, 0.1) is 0 Å². The monoisotopic (exact) mass is 321 g/mol. The number of carbonyl (C=O) groups excluding carboxylic acids is 1. The topological polar surface area (TPSA) is 67.5 Å². The molecule has 3 aromatic rings. The van der Waals surface area contributed by atoms with Gasteiger partial charge in [-0.3, -0.25) is 4.79 Å². The third-order valence-corrected chi connectivity index (χ3v) is 3.78. The second kappa shape index (κ2) is 5.73. The molecular weight excluding hydrogens is 306 g/mol. The van der Waals surface area contributed by atoms with E-state index < -0.39 is 0 Å². The van der Waals surface area contributed by atoms with Crippen LogP contribution in [-0.2, 0) is 14.3 Å². The van der Waals surface area contributed by atoms with E-state index in [9.17, 15) is 4.79 Å². The van der Waals surface area contributed by atoms with Crippen LogP contribution in [-0.4, -0.2) is 22.7 Å². The van der Waals surface area contributed by atoms with Gasteiger partial charge in [0.1, 0.15) is 12.1 Å². The molecule has 0 aliphatic carbocycles. The Morgan fingerprint density at radius 3 is 2.62 bits per heavy atom. The molecule has 1 aliphatic rings. The van der Waals surface area contributed by atoms with Gasteiger partial charge >= 0.3 is 0 Å². The zero-order chi connectivity index (χ0) is 16.5. The number of carbonyl (C=O) groups is 1. The van der Waals surface area contributed by atoms with Crippen LogP contribution in [0.2, 0.25) is 0 Å². The summed E-state index contributed by atoms with van der Waals surface area (Å²) in [6.07, 6.45) is 1.44. The fourth-order valence-corrected chi connectivity index (χ4v) is 2.67. The van der Waals surface area contributed by atoms with Crippen molar-refractivity contribution in [1.82, 2.24) is 9.97 Å². The number of amides is 1. The summed E-state index contributed by atoms with van der Waals surface area (Å²) in [5, 5.41) is 0. The summed E-state index contributed by atoms with van der Waals surface area (Å²) < 4.78 is 10.4. The Balaban J connectivity index is 1.67. The smallest absolute Gasteiger partial charge is 0.239 e. The van der Waals surface area contributed by atoms with E-state index in [2.05, 4.69) is 9.97 Å². The highest BCUT2D eigenvalue weighted by atomic mass is 16.7. The average Bonchev–Trinajstić information content (AvgIpc) is 3.24. The highest BCUT2D eigenvalue weighted by molar-refractivity contribution is 5.94. The maximum atomic E-state index is 11.9. The van der Waals surface area contributed by atoms with Gasteiger partial charge in [0.05, 0.1) is 16.7 Å². The van der Waals surface area contributed by atoms with E-state index in [1.807, 2.05) is 48.5 Å². The van der Waals surface area contributed by atoms with E-state index in [1.54, 1.807) is 0 Å². The lowest BCUT2D eigenvalue weighted by molar-refractivity contribution is -0.116. The van der Waals surface area contributed by atoms with Gasteiger partial charge in [0.2, 0.25) is 18.6 Å². The van der Waals surface area contributed by atoms with Gasteiger partial charge in [-0.25, -0.2) is 9.88 Å². The molecule has 4 rings (SSSR count). The van der Waals surface area contributed by atoms with Gasteiger partial charge in [0.25, 0.3) is 0 Å². The molecule has 6 nitrogen and oxygen atoms in total. The van der Waals surface area contributed by atoms with Gasteiger partial charge < -0.3 is 14.5 Å². The van der Waals surface area contributed by atoms with Gasteiger partial charge in [-0.15, -0.1) is 0 Å². The molecular formula is C18H15N3O3. The number of nitrogens with zero attached hydrogens (tertiary/aromatic N) is 2. The summed E-state index contributed by atoms with van der Waals surface area (Å²) in [5.41, 5.74) is 3.56. The number of ether oxygens (including phenoxy) is 2. The fourth-order valence-electron chi connectivity index (χ4n) is 2.67. The lowest BCUT2D eigenvalue weighted by Crippen LogP contribution is -2.27. The zero-order valence-electron chi connectivity index (χ0n) is 13.0. The second-order valence-electron chi connectivity index (χ2n) is 5.39. The van der Waals surface area contributed by atoms with Gasteiger partial charge in [-0.1, -0.05) is 12.1 Å². The molecule has 1 N–H and O–H groups in total. The number of anilines is 1. The molecule has 2 heterocycles. The minimum absolute atomic E-state index is 0.121. The Morgan fingerprint density at radius 2 is 1.96 bits per heavy atom. The van der Waals surface area contributed by atoms with Crippen LogP contribution in [0.4, 0.5) is 5.69 Å². The number of aromatic nitrogens is 2. The van der Waals surface area contributed by atoms with Gasteiger partial charge in [-0.2, -0.15) is 0 Å². The molecule has 2 aromatic carbocycles. The van der Waals surface area contributed by atoms with Gasteiger partial charge in [0.15, 0.2) is 0 Å². The first-order valence-electron chi connectivity index (χ1n) is 7.53. The van der Waals surface area contributed by atoms with Crippen LogP contribution in [0.1, 0.15) is 6.92 Å². The number of hydrogen-bond donors (Lipinski definition) is 1. The summed E-state index contributed by atoms with van der Waals surface area (Å²) in [6, 6.07) is 15.4. The number of aromatic amines is 1. The normalized spacial score (nSPS) is 13.3. The Bertz CT molecular complexity index is 895. The van der Waals surface area contributed by atoms with Crippen LogP contribution in [0.3, 0.4) is 0 Å². The third kappa shape index (κ3) is 2.48. The summed E-state index contributed by atoms with van der Waals surface area (Å²) in [5.74, 6) is 1.03.